The lowest BCUT2D eigenvalue weighted by Crippen LogP contribution is -2.39. The number of fused-ring (bicyclic) bond motifs is 1. The summed E-state index contributed by atoms with van der Waals surface area (Å²) in [5, 5.41) is 3.72. The number of rotatable bonds is 4. The van der Waals surface area contributed by atoms with Gasteiger partial charge in [0.05, 0.1) is 0 Å². The molecule has 2 aliphatic heterocycles. The molecule has 110 valence electrons. The first kappa shape index (κ1) is 13.9. The Kier molecular flexibility index (Phi) is 3.99. The second-order valence-electron chi connectivity index (χ2n) is 6.63. The van der Waals surface area contributed by atoms with E-state index in [1.54, 1.807) is 0 Å². The quantitative estimate of drug-likeness (QED) is 0.914. The zero-order valence-electron chi connectivity index (χ0n) is 12.5. The lowest BCUT2D eigenvalue weighted by molar-refractivity contribution is 0.0657. The molecule has 0 aromatic heterocycles. The molecule has 0 bridgehead atoms. The number of benzene rings is 1. The Hall–Kier alpha value is -1.06. The van der Waals surface area contributed by atoms with Crippen LogP contribution in [0.15, 0.2) is 24.3 Å². The maximum absolute atomic E-state index is 6.07. The Labute approximate surface area is 121 Å². The smallest absolute Gasteiger partial charge is 0.124 e. The minimum absolute atomic E-state index is 0.0948. The van der Waals surface area contributed by atoms with Crippen molar-refractivity contribution < 1.29 is 9.47 Å². The molecule has 1 saturated heterocycles. The largest absolute Gasteiger partial charge is 0.487 e. The predicted molar refractivity (Wildman–Crippen MR) is 80.1 cm³/mol. The first-order chi connectivity index (χ1) is 9.64. The van der Waals surface area contributed by atoms with Crippen molar-refractivity contribution in [3.8, 4) is 5.75 Å². The van der Waals surface area contributed by atoms with Gasteiger partial charge < -0.3 is 14.8 Å². The highest BCUT2D eigenvalue weighted by molar-refractivity contribution is 5.38. The molecule has 1 N–H and O–H groups in total. The maximum Gasteiger partial charge on any atom is 0.124 e. The van der Waals surface area contributed by atoms with Crippen LogP contribution in [0.5, 0.6) is 5.75 Å². The molecule has 1 fully saturated rings. The second-order valence-corrected chi connectivity index (χ2v) is 6.63. The van der Waals surface area contributed by atoms with Crippen LogP contribution in [0.4, 0.5) is 0 Å². The van der Waals surface area contributed by atoms with Crippen molar-refractivity contribution in [1.82, 2.24) is 5.32 Å². The number of para-hydroxylation sites is 1. The maximum atomic E-state index is 6.07. The fourth-order valence-electron chi connectivity index (χ4n) is 3.26. The van der Waals surface area contributed by atoms with E-state index in [0.717, 1.165) is 37.8 Å². The molecule has 0 aliphatic carbocycles. The van der Waals surface area contributed by atoms with Gasteiger partial charge >= 0.3 is 0 Å². The number of hydrogen-bond donors (Lipinski definition) is 1. The van der Waals surface area contributed by atoms with Gasteiger partial charge in [-0.05, 0) is 45.2 Å². The van der Waals surface area contributed by atoms with Crippen LogP contribution in [0.25, 0.3) is 0 Å². The standard InChI is InChI=1S/C17H25NO2/c1-17(2)11-15(14-5-3-4-6-16(14)20-17)18-9-7-13-8-10-19-12-13/h3-6,13,15,18H,7-12H2,1-2H3. The molecule has 2 unspecified atom stereocenters. The number of ether oxygens (including phenoxy) is 2. The van der Waals surface area contributed by atoms with E-state index in [4.69, 9.17) is 9.47 Å². The zero-order valence-corrected chi connectivity index (χ0v) is 12.5. The van der Waals surface area contributed by atoms with Crippen molar-refractivity contribution in [2.75, 3.05) is 19.8 Å². The first-order valence-corrected chi connectivity index (χ1v) is 7.73. The Balaban J connectivity index is 1.62. The fraction of sp³-hybridized carbons (Fsp3) is 0.647. The van der Waals surface area contributed by atoms with Crippen LogP contribution in [-0.2, 0) is 4.74 Å². The summed E-state index contributed by atoms with van der Waals surface area (Å²) >= 11 is 0. The summed E-state index contributed by atoms with van der Waals surface area (Å²) in [5.41, 5.74) is 1.21. The van der Waals surface area contributed by atoms with Crippen LogP contribution in [0.3, 0.4) is 0 Å². The molecule has 3 rings (SSSR count). The van der Waals surface area contributed by atoms with Crippen molar-refractivity contribution >= 4 is 0 Å². The highest BCUT2D eigenvalue weighted by atomic mass is 16.5. The summed E-state index contributed by atoms with van der Waals surface area (Å²) in [6, 6.07) is 8.81. The van der Waals surface area contributed by atoms with E-state index in [0.29, 0.717) is 6.04 Å². The molecule has 3 heteroatoms. The molecule has 0 radical (unpaired) electrons. The molecule has 0 spiro atoms. The molecule has 0 saturated carbocycles. The molecule has 0 amide bonds. The van der Waals surface area contributed by atoms with Gasteiger partial charge in [0.25, 0.3) is 0 Å². The molecular formula is C17H25NO2. The van der Waals surface area contributed by atoms with Gasteiger partial charge in [0.15, 0.2) is 0 Å². The molecule has 3 nitrogen and oxygen atoms in total. The lowest BCUT2D eigenvalue weighted by Gasteiger charge is -2.38. The van der Waals surface area contributed by atoms with Gasteiger partial charge in [0.2, 0.25) is 0 Å². The van der Waals surface area contributed by atoms with E-state index < -0.39 is 0 Å². The molecule has 20 heavy (non-hydrogen) atoms. The summed E-state index contributed by atoms with van der Waals surface area (Å²) in [6.45, 7) is 7.28. The van der Waals surface area contributed by atoms with Crippen LogP contribution in [0.1, 0.15) is 44.7 Å². The molecule has 2 heterocycles. The molecule has 2 aliphatic rings. The Morgan fingerprint density at radius 3 is 2.95 bits per heavy atom. The normalized spacial score (nSPS) is 27.9. The van der Waals surface area contributed by atoms with Gasteiger partial charge in [0.1, 0.15) is 11.4 Å². The molecule has 2 atom stereocenters. The predicted octanol–water partition coefficient (Wildman–Crippen LogP) is 3.31. The van der Waals surface area contributed by atoms with Gasteiger partial charge in [-0.25, -0.2) is 0 Å². The van der Waals surface area contributed by atoms with Crippen molar-refractivity contribution in [3.05, 3.63) is 29.8 Å². The SMILES string of the molecule is CC1(C)CC(NCCC2CCOC2)c2ccccc2O1. The summed E-state index contributed by atoms with van der Waals surface area (Å²) < 4.78 is 11.5. The van der Waals surface area contributed by atoms with Crippen LogP contribution >= 0.6 is 0 Å². The van der Waals surface area contributed by atoms with Crippen molar-refractivity contribution in [2.24, 2.45) is 5.92 Å². The van der Waals surface area contributed by atoms with E-state index in [2.05, 4.69) is 37.4 Å². The Bertz CT molecular complexity index is 452. The van der Waals surface area contributed by atoms with Gasteiger partial charge in [-0.2, -0.15) is 0 Å². The molecule has 1 aromatic rings. The van der Waals surface area contributed by atoms with Gasteiger partial charge in [-0.1, -0.05) is 18.2 Å². The molecular weight excluding hydrogens is 250 g/mol. The average molecular weight is 275 g/mol. The van der Waals surface area contributed by atoms with Crippen LogP contribution in [-0.4, -0.2) is 25.4 Å². The average Bonchev–Trinajstić information content (AvgIpc) is 2.90. The fourth-order valence-corrected chi connectivity index (χ4v) is 3.26. The van der Waals surface area contributed by atoms with Gasteiger partial charge in [-0.15, -0.1) is 0 Å². The van der Waals surface area contributed by atoms with E-state index >= 15 is 0 Å². The summed E-state index contributed by atoms with van der Waals surface area (Å²) in [4.78, 5) is 0. The topological polar surface area (TPSA) is 30.5 Å². The van der Waals surface area contributed by atoms with Crippen LogP contribution in [0, 0.1) is 5.92 Å². The van der Waals surface area contributed by atoms with E-state index in [9.17, 15) is 0 Å². The van der Waals surface area contributed by atoms with E-state index in [-0.39, 0.29) is 5.60 Å². The van der Waals surface area contributed by atoms with E-state index in [1.807, 2.05) is 6.07 Å². The minimum atomic E-state index is -0.0948. The van der Waals surface area contributed by atoms with Crippen molar-refractivity contribution in [2.45, 2.75) is 44.8 Å². The lowest BCUT2D eigenvalue weighted by atomic mass is 9.89. The Morgan fingerprint density at radius 1 is 1.30 bits per heavy atom. The third-order valence-electron chi connectivity index (χ3n) is 4.34. The summed E-state index contributed by atoms with van der Waals surface area (Å²) in [5.74, 6) is 1.77. The highest BCUT2D eigenvalue weighted by Crippen LogP contribution is 2.39. The Morgan fingerprint density at radius 2 is 2.15 bits per heavy atom. The van der Waals surface area contributed by atoms with E-state index in [1.165, 1.54) is 18.4 Å². The second kappa shape index (κ2) is 5.74. The third-order valence-corrected chi connectivity index (χ3v) is 4.34. The zero-order chi connectivity index (χ0) is 14.0. The van der Waals surface area contributed by atoms with Gasteiger partial charge in [-0.3, -0.25) is 0 Å². The van der Waals surface area contributed by atoms with Crippen LogP contribution in [0.2, 0.25) is 0 Å². The monoisotopic (exact) mass is 275 g/mol. The first-order valence-electron chi connectivity index (χ1n) is 7.73. The van der Waals surface area contributed by atoms with Crippen LogP contribution < -0.4 is 10.1 Å². The van der Waals surface area contributed by atoms with Crippen molar-refractivity contribution in [1.29, 1.82) is 0 Å². The molecule has 1 aromatic carbocycles. The number of nitrogens with one attached hydrogen (secondary N) is 1. The third kappa shape index (κ3) is 3.15. The summed E-state index contributed by atoms with van der Waals surface area (Å²) in [7, 11) is 0. The van der Waals surface area contributed by atoms with Crippen molar-refractivity contribution in [3.63, 3.8) is 0 Å². The summed E-state index contributed by atoms with van der Waals surface area (Å²) in [6.07, 6.45) is 3.45. The minimum Gasteiger partial charge on any atom is -0.487 e. The van der Waals surface area contributed by atoms with Gasteiger partial charge in [0, 0.05) is 31.2 Å². The number of hydrogen-bond acceptors (Lipinski definition) is 3. The highest BCUT2D eigenvalue weighted by Gasteiger charge is 2.33.